The number of aliphatic hydroxyl groups excluding tert-OH is 1. The van der Waals surface area contributed by atoms with Gasteiger partial charge in [0.05, 0.1) is 11.5 Å². The summed E-state index contributed by atoms with van der Waals surface area (Å²) < 4.78 is 40.9. The zero-order valence-corrected chi connectivity index (χ0v) is 12.6. The van der Waals surface area contributed by atoms with E-state index in [1.165, 1.54) is 13.0 Å². The van der Waals surface area contributed by atoms with Crippen LogP contribution in [0.25, 0.3) is 0 Å². The van der Waals surface area contributed by atoms with Gasteiger partial charge in [0.15, 0.2) is 0 Å². The molecule has 0 unspecified atom stereocenters. The highest BCUT2D eigenvalue weighted by molar-refractivity contribution is 7.89. The van der Waals surface area contributed by atoms with Crippen molar-refractivity contribution in [2.75, 3.05) is 6.54 Å². The van der Waals surface area contributed by atoms with Crippen molar-refractivity contribution >= 4 is 10.0 Å². The Balaban J connectivity index is 2.26. The Kier molecular flexibility index (Phi) is 4.18. The third-order valence-electron chi connectivity index (χ3n) is 4.08. The first-order valence-corrected chi connectivity index (χ1v) is 8.15. The zero-order chi connectivity index (χ0) is 15.0. The largest absolute Gasteiger partial charge is 0.392 e. The van der Waals surface area contributed by atoms with Crippen molar-refractivity contribution in [3.63, 3.8) is 0 Å². The van der Waals surface area contributed by atoms with Gasteiger partial charge in [0.2, 0.25) is 10.0 Å². The second kappa shape index (κ2) is 5.42. The molecule has 0 saturated heterocycles. The SMILES string of the molecule is Cc1c(F)cc(CO)cc1S(=O)(=O)NCC1(C)CCC1. The van der Waals surface area contributed by atoms with Gasteiger partial charge >= 0.3 is 0 Å². The molecule has 1 aromatic carbocycles. The van der Waals surface area contributed by atoms with E-state index in [4.69, 9.17) is 5.11 Å². The molecule has 0 aromatic heterocycles. The van der Waals surface area contributed by atoms with Crippen molar-refractivity contribution < 1.29 is 17.9 Å². The molecule has 2 rings (SSSR count). The van der Waals surface area contributed by atoms with Crippen LogP contribution < -0.4 is 4.72 Å². The molecule has 0 atom stereocenters. The van der Waals surface area contributed by atoms with Crippen molar-refractivity contribution in [2.24, 2.45) is 5.41 Å². The quantitative estimate of drug-likeness (QED) is 0.875. The lowest BCUT2D eigenvalue weighted by atomic mass is 9.71. The lowest BCUT2D eigenvalue weighted by Gasteiger charge is -2.38. The average Bonchev–Trinajstić information content (AvgIpc) is 2.37. The van der Waals surface area contributed by atoms with E-state index in [0.717, 1.165) is 25.3 Å². The Labute approximate surface area is 119 Å². The highest BCUT2D eigenvalue weighted by atomic mass is 32.2. The van der Waals surface area contributed by atoms with Crippen LogP contribution in [-0.2, 0) is 16.6 Å². The second-order valence-corrected chi connectivity index (χ2v) is 7.58. The smallest absolute Gasteiger partial charge is 0.240 e. The minimum atomic E-state index is -3.76. The molecule has 4 nitrogen and oxygen atoms in total. The summed E-state index contributed by atoms with van der Waals surface area (Å²) in [5.74, 6) is -0.619. The molecule has 0 spiro atoms. The predicted molar refractivity (Wildman–Crippen MR) is 74.2 cm³/mol. The van der Waals surface area contributed by atoms with Gasteiger partial charge in [-0.15, -0.1) is 0 Å². The summed E-state index contributed by atoms with van der Waals surface area (Å²) >= 11 is 0. The zero-order valence-electron chi connectivity index (χ0n) is 11.7. The summed E-state index contributed by atoms with van der Waals surface area (Å²) in [6, 6.07) is 2.48. The van der Waals surface area contributed by atoms with Crippen LogP contribution in [0.15, 0.2) is 17.0 Å². The lowest BCUT2D eigenvalue weighted by molar-refractivity contribution is 0.166. The molecule has 1 aliphatic rings. The Hall–Kier alpha value is -0.980. The van der Waals surface area contributed by atoms with Crippen LogP contribution in [0.3, 0.4) is 0 Å². The lowest BCUT2D eigenvalue weighted by Crippen LogP contribution is -2.40. The first kappa shape index (κ1) is 15.4. The maximum absolute atomic E-state index is 13.7. The van der Waals surface area contributed by atoms with Crippen LogP contribution in [0.2, 0.25) is 0 Å². The first-order valence-electron chi connectivity index (χ1n) is 6.67. The minimum Gasteiger partial charge on any atom is -0.392 e. The van der Waals surface area contributed by atoms with Crippen LogP contribution in [0.5, 0.6) is 0 Å². The molecule has 1 aliphatic carbocycles. The highest BCUT2D eigenvalue weighted by Gasteiger charge is 2.33. The number of aliphatic hydroxyl groups is 1. The van der Waals surface area contributed by atoms with Crippen molar-refractivity contribution in [2.45, 2.75) is 44.6 Å². The van der Waals surface area contributed by atoms with E-state index in [9.17, 15) is 12.8 Å². The third-order valence-corrected chi connectivity index (χ3v) is 5.61. The Morgan fingerprint density at radius 2 is 2.05 bits per heavy atom. The molecule has 6 heteroatoms. The van der Waals surface area contributed by atoms with Crippen LogP contribution >= 0.6 is 0 Å². The van der Waals surface area contributed by atoms with Gasteiger partial charge < -0.3 is 5.11 Å². The summed E-state index contributed by atoms with van der Waals surface area (Å²) in [6.45, 7) is 3.43. The Bertz CT molecular complexity index is 609. The maximum atomic E-state index is 13.7. The topological polar surface area (TPSA) is 66.4 Å². The van der Waals surface area contributed by atoms with Gasteiger partial charge in [-0.1, -0.05) is 13.3 Å². The monoisotopic (exact) mass is 301 g/mol. The predicted octanol–water partition coefficient (Wildman–Crippen LogP) is 2.09. The summed E-state index contributed by atoms with van der Waals surface area (Å²) in [4.78, 5) is -0.0931. The van der Waals surface area contributed by atoms with Gasteiger partial charge in [-0.2, -0.15) is 0 Å². The molecule has 112 valence electrons. The molecule has 0 radical (unpaired) electrons. The molecule has 0 bridgehead atoms. The summed E-state index contributed by atoms with van der Waals surface area (Å²) in [6.07, 6.45) is 3.12. The fraction of sp³-hybridized carbons (Fsp3) is 0.571. The number of hydrogen-bond donors (Lipinski definition) is 2. The van der Waals surface area contributed by atoms with Gasteiger partial charge in [0.1, 0.15) is 5.82 Å². The fourth-order valence-electron chi connectivity index (χ4n) is 2.38. The maximum Gasteiger partial charge on any atom is 0.240 e. The molecule has 1 saturated carbocycles. The van der Waals surface area contributed by atoms with E-state index >= 15 is 0 Å². The minimum absolute atomic E-state index is 0.00804. The summed E-state index contributed by atoms with van der Waals surface area (Å²) in [5, 5.41) is 9.07. The highest BCUT2D eigenvalue weighted by Crippen LogP contribution is 2.39. The molecule has 1 fully saturated rings. The number of benzene rings is 1. The molecule has 20 heavy (non-hydrogen) atoms. The normalized spacial score (nSPS) is 17.8. The Morgan fingerprint density at radius 3 is 2.55 bits per heavy atom. The van der Waals surface area contributed by atoms with Gasteiger partial charge in [-0.25, -0.2) is 17.5 Å². The van der Waals surface area contributed by atoms with Crippen LogP contribution in [0.4, 0.5) is 4.39 Å². The van der Waals surface area contributed by atoms with E-state index < -0.39 is 22.4 Å². The van der Waals surface area contributed by atoms with Crippen molar-refractivity contribution in [3.05, 3.63) is 29.1 Å². The van der Waals surface area contributed by atoms with Gasteiger partial charge in [0, 0.05) is 12.1 Å². The van der Waals surface area contributed by atoms with Crippen LogP contribution in [-0.4, -0.2) is 20.1 Å². The van der Waals surface area contributed by atoms with Gasteiger partial charge in [-0.3, -0.25) is 0 Å². The summed E-state index contributed by atoms with van der Waals surface area (Å²) in [7, 11) is -3.76. The van der Waals surface area contributed by atoms with Gasteiger partial charge in [-0.05, 0) is 42.9 Å². The van der Waals surface area contributed by atoms with Crippen molar-refractivity contribution in [1.82, 2.24) is 4.72 Å². The average molecular weight is 301 g/mol. The number of nitrogens with one attached hydrogen (secondary N) is 1. The molecule has 0 aliphatic heterocycles. The van der Waals surface area contributed by atoms with Crippen LogP contribution in [0.1, 0.15) is 37.3 Å². The van der Waals surface area contributed by atoms with Crippen molar-refractivity contribution in [1.29, 1.82) is 0 Å². The molecule has 0 amide bonds. The number of hydrogen-bond acceptors (Lipinski definition) is 3. The third kappa shape index (κ3) is 3.02. The van der Waals surface area contributed by atoms with E-state index in [0.29, 0.717) is 6.54 Å². The summed E-state index contributed by atoms with van der Waals surface area (Å²) in [5.41, 5.74) is 0.338. The molecule has 1 aromatic rings. The fourth-order valence-corrected chi connectivity index (χ4v) is 3.88. The standard InChI is InChI=1S/C14H20FNO3S/c1-10-12(15)6-11(8-17)7-13(10)20(18,19)16-9-14(2)4-3-5-14/h6-7,16-17H,3-5,8-9H2,1-2H3. The van der Waals surface area contributed by atoms with E-state index in [-0.39, 0.29) is 21.4 Å². The van der Waals surface area contributed by atoms with Crippen LogP contribution in [0, 0.1) is 18.2 Å². The molecule has 2 N–H and O–H groups in total. The van der Waals surface area contributed by atoms with Crippen molar-refractivity contribution in [3.8, 4) is 0 Å². The number of sulfonamides is 1. The van der Waals surface area contributed by atoms with E-state index in [1.807, 2.05) is 6.92 Å². The molecular formula is C14H20FNO3S. The van der Waals surface area contributed by atoms with E-state index in [2.05, 4.69) is 4.72 Å². The second-order valence-electron chi connectivity index (χ2n) is 5.85. The number of rotatable bonds is 5. The molecule has 0 heterocycles. The Morgan fingerprint density at radius 1 is 1.40 bits per heavy atom. The first-order chi connectivity index (χ1) is 9.27. The van der Waals surface area contributed by atoms with E-state index in [1.54, 1.807) is 0 Å². The number of halogens is 1. The molecular weight excluding hydrogens is 281 g/mol. The van der Waals surface area contributed by atoms with Gasteiger partial charge in [0.25, 0.3) is 0 Å².